The van der Waals surface area contributed by atoms with Crippen molar-refractivity contribution < 1.29 is 5.11 Å². The lowest BCUT2D eigenvalue weighted by Crippen LogP contribution is -2.14. The Balaban J connectivity index is 2.07. The van der Waals surface area contributed by atoms with Crippen LogP contribution in [0.5, 0.6) is 0 Å². The van der Waals surface area contributed by atoms with Gasteiger partial charge in [-0.1, -0.05) is 44.2 Å². The van der Waals surface area contributed by atoms with Crippen LogP contribution < -0.4 is 10.6 Å². The van der Waals surface area contributed by atoms with Crippen molar-refractivity contribution in [3.8, 4) is 0 Å². The molecule has 2 aromatic rings. The average molecular weight is 286 g/mol. The Labute approximate surface area is 125 Å². The first kappa shape index (κ1) is 15.3. The Morgan fingerprint density at radius 3 is 2.38 bits per heavy atom. The molecule has 0 aliphatic heterocycles. The highest BCUT2D eigenvalue weighted by Crippen LogP contribution is 2.18. The molecule has 3 N–H and O–H groups in total. The van der Waals surface area contributed by atoms with E-state index in [2.05, 4.69) is 34.4 Å². The van der Waals surface area contributed by atoms with Crippen LogP contribution in [-0.4, -0.2) is 28.7 Å². The molecular weight excluding hydrogens is 264 g/mol. The van der Waals surface area contributed by atoms with Crippen LogP contribution in [0.1, 0.15) is 37.3 Å². The number of rotatable bonds is 6. The fourth-order valence-corrected chi connectivity index (χ4v) is 1.94. The van der Waals surface area contributed by atoms with Gasteiger partial charge in [-0.05, 0) is 5.56 Å². The van der Waals surface area contributed by atoms with Gasteiger partial charge in [0.25, 0.3) is 0 Å². The minimum Gasteiger partial charge on any atom is -0.387 e. The quantitative estimate of drug-likeness (QED) is 0.761. The molecule has 1 unspecified atom stereocenters. The molecule has 112 valence electrons. The first-order chi connectivity index (χ1) is 10.1. The van der Waals surface area contributed by atoms with E-state index in [1.165, 1.54) is 0 Å². The second-order valence-corrected chi connectivity index (χ2v) is 5.21. The number of aromatic nitrogens is 2. The summed E-state index contributed by atoms with van der Waals surface area (Å²) in [5, 5.41) is 16.4. The molecule has 21 heavy (non-hydrogen) atoms. The molecule has 0 radical (unpaired) electrons. The summed E-state index contributed by atoms with van der Waals surface area (Å²) in [6, 6.07) is 11.4. The second-order valence-electron chi connectivity index (χ2n) is 5.21. The van der Waals surface area contributed by atoms with Gasteiger partial charge < -0.3 is 15.7 Å². The summed E-state index contributed by atoms with van der Waals surface area (Å²) < 4.78 is 0. The molecule has 0 bridgehead atoms. The van der Waals surface area contributed by atoms with E-state index in [4.69, 9.17) is 0 Å². The highest BCUT2D eigenvalue weighted by atomic mass is 16.3. The van der Waals surface area contributed by atoms with Crippen LogP contribution in [0.4, 0.5) is 11.6 Å². The third-order valence-corrected chi connectivity index (χ3v) is 3.18. The zero-order valence-corrected chi connectivity index (χ0v) is 12.7. The van der Waals surface area contributed by atoms with E-state index in [-0.39, 0.29) is 5.92 Å². The van der Waals surface area contributed by atoms with Crippen LogP contribution in [0, 0.1) is 0 Å². The van der Waals surface area contributed by atoms with Crippen molar-refractivity contribution in [2.45, 2.75) is 25.9 Å². The summed E-state index contributed by atoms with van der Waals surface area (Å²) in [5.74, 6) is 2.51. The summed E-state index contributed by atoms with van der Waals surface area (Å²) in [7, 11) is 1.83. The summed E-state index contributed by atoms with van der Waals surface area (Å²) in [5.41, 5.74) is 0.886. The van der Waals surface area contributed by atoms with Crippen molar-refractivity contribution in [3.63, 3.8) is 0 Å². The number of hydrogen-bond acceptors (Lipinski definition) is 5. The molecule has 1 aromatic heterocycles. The Morgan fingerprint density at radius 2 is 1.76 bits per heavy atom. The van der Waals surface area contributed by atoms with Gasteiger partial charge in [-0.3, -0.25) is 0 Å². The van der Waals surface area contributed by atoms with E-state index in [9.17, 15) is 5.11 Å². The molecule has 0 aliphatic carbocycles. The molecule has 0 spiro atoms. The highest BCUT2D eigenvalue weighted by Gasteiger charge is 2.10. The zero-order chi connectivity index (χ0) is 15.2. The number of aliphatic hydroxyl groups is 1. The van der Waals surface area contributed by atoms with Gasteiger partial charge in [-0.2, -0.15) is 0 Å². The monoisotopic (exact) mass is 286 g/mol. The maximum Gasteiger partial charge on any atom is 0.135 e. The normalized spacial score (nSPS) is 12.2. The van der Waals surface area contributed by atoms with Gasteiger partial charge in [0.15, 0.2) is 0 Å². The molecule has 0 aliphatic rings. The van der Waals surface area contributed by atoms with Gasteiger partial charge in [0, 0.05) is 25.6 Å². The topological polar surface area (TPSA) is 70.1 Å². The molecule has 5 nitrogen and oxygen atoms in total. The van der Waals surface area contributed by atoms with E-state index in [0.29, 0.717) is 12.4 Å². The Morgan fingerprint density at radius 1 is 1.10 bits per heavy atom. The standard InChI is InChI=1S/C16H22N4O/c1-11(2)16-19-14(17-3)9-15(20-16)18-10-13(21)12-7-5-4-6-8-12/h4-9,11,13,21H,10H2,1-3H3,(H2,17,18,19,20). The number of nitrogens with zero attached hydrogens (tertiary/aromatic N) is 2. The first-order valence-electron chi connectivity index (χ1n) is 7.13. The van der Waals surface area contributed by atoms with Crippen LogP contribution in [0.25, 0.3) is 0 Å². The lowest BCUT2D eigenvalue weighted by atomic mass is 10.1. The lowest BCUT2D eigenvalue weighted by Gasteiger charge is -2.14. The van der Waals surface area contributed by atoms with E-state index in [0.717, 1.165) is 17.2 Å². The van der Waals surface area contributed by atoms with Gasteiger partial charge in [0.1, 0.15) is 17.5 Å². The number of aliphatic hydroxyl groups excluding tert-OH is 1. The Kier molecular flexibility index (Phi) is 5.11. The molecule has 0 amide bonds. The van der Waals surface area contributed by atoms with Gasteiger partial charge in [-0.25, -0.2) is 9.97 Å². The predicted octanol–water partition coefficient (Wildman–Crippen LogP) is 2.79. The van der Waals surface area contributed by atoms with E-state index < -0.39 is 6.10 Å². The first-order valence-corrected chi connectivity index (χ1v) is 7.13. The van der Waals surface area contributed by atoms with Crippen LogP contribution in [0.15, 0.2) is 36.4 Å². The second kappa shape index (κ2) is 7.04. The maximum atomic E-state index is 10.2. The SMILES string of the molecule is CNc1cc(NCC(O)c2ccccc2)nc(C(C)C)n1. The maximum absolute atomic E-state index is 10.2. The molecule has 2 rings (SSSR count). The molecule has 1 heterocycles. The molecule has 5 heteroatoms. The van der Waals surface area contributed by atoms with Crippen molar-refractivity contribution in [2.75, 3.05) is 24.2 Å². The molecule has 0 saturated carbocycles. The van der Waals surface area contributed by atoms with E-state index >= 15 is 0 Å². The molecule has 0 fully saturated rings. The van der Waals surface area contributed by atoms with Crippen LogP contribution >= 0.6 is 0 Å². The summed E-state index contributed by atoms with van der Waals surface area (Å²) in [6.45, 7) is 4.51. The van der Waals surface area contributed by atoms with Crippen LogP contribution in [-0.2, 0) is 0 Å². The van der Waals surface area contributed by atoms with E-state index in [1.807, 2.05) is 43.4 Å². The largest absolute Gasteiger partial charge is 0.387 e. The number of nitrogens with one attached hydrogen (secondary N) is 2. The Bertz CT molecular complexity index is 572. The summed E-state index contributed by atoms with van der Waals surface area (Å²) >= 11 is 0. The van der Waals surface area contributed by atoms with Crippen molar-refractivity contribution in [1.29, 1.82) is 0 Å². The molecular formula is C16H22N4O. The number of hydrogen-bond donors (Lipinski definition) is 3. The zero-order valence-electron chi connectivity index (χ0n) is 12.7. The Hall–Kier alpha value is -2.14. The van der Waals surface area contributed by atoms with Crippen molar-refractivity contribution in [3.05, 3.63) is 47.8 Å². The fourth-order valence-electron chi connectivity index (χ4n) is 1.94. The highest BCUT2D eigenvalue weighted by molar-refractivity contribution is 5.47. The predicted molar refractivity (Wildman–Crippen MR) is 85.6 cm³/mol. The minimum atomic E-state index is -0.568. The number of anilines is 2. The smallest absolute Gasteiger partial charge is 0.135 e. The lowest BCUT2D eigenvalue weighted by molar-refractivity contribution is 0.191. The summed E-state index contributed by atoms with van der Waals surface area (Å²) in [4.78, 5) is 8.89. The van der Waals surface area contributed by atoms with Crippen LogP contribution in [0.3, 0.4) is 0 Å². The van der Waals surface area contributed by atoms with Gasteiger partial charge in [0.2, 0.25) is 0 Å². The van der Waals surface area contributed by atoms with Gasteiger partial charge in [0.05, 0.1) is 6.10 Å². The third-order valence-electron chi connectivity index (χ3n) is 3.18. The van der Waals surface area contributed by atoms with Crippen molar-refractivity contribution in [1.82, 2.24) is 9.97 Å². The fraction of sp³-hybridized carbons (Fsp3) is 0.375. The van der Waals surface area contributed by atoms with Crippen molar-refractivity contribution in [2.24, 2.45) is 0 Å². The summed E-state index contributed by atoms with van der Waals surface area (Å²) in [6.07, 6.45) is -0.568. The molecule has 0 saturated heterocycles. The van der Waals surface area contributed by atoms with Gasteiger partial charge >= 0.3 is 0 Å². The van der Waals surface area contributed by atoms with E-state index in [1.54, 1.807) is 0 Å². The van der Waals surface area contributed by atoms with Crippen molar-refractivity contribution >= 4 is 11.6 Å². The average Bonchev–Trinajstić information content (AvgIpc) is 2.53. The molecule has 1 atom stereocenters. The van der Waals surface area contributed by atoms with Crippen LogP contribution in [0.2, 0.25) is 0 Å². The minimum absolute atomic E-state index is 0.248. The third kappa shape index (κ3) is 4.16. The number of benzene rings is 1. The molecule has 1 aromatic carbocycles. The van der Waals surface area contributed by atoms with Gasteiger partial charge in [-0.15, -0.1) is 0 Å².